The first-order chi connectivity index (χ1) is 18.6. The van der Waals surface area contributed by atoms with E-state index in [4.69, 9.17) is 9.47 Å². The highest BCUT2D eigenvalue weighted by atomic mass is 16.5. The SMILES string of the molecule is CC[C@H]1CN2CC[C@H]1C[C@@H]2[C@@H](OC(=O)c1ccc(-c2ccccc2)cc1)c1ccnc2ccc(OC)cc12. The highest BCUT2D eigenvalue weighted by Gasteiger charge is 2.44. The molecule has 0 aliphatic carbocycles. The lowest BCUT2D eigenvalue weighted by Crippen LogP contribution is -2.55. The van der Waals surface area contributed by atoms with Crippen molar-refractivity contribution in [3.63, 3.8) is 0 Å². The van der Waals surface area contributed by atoms with E-state index in [9.17, 15) is 4.79 Å². The largest absolute Gasteiger partial charge is 0.497 e. The van der Waals surface area contributed by atoms with Gasteiger partial charge in [0.05, 0.1) is 24.2 Å². The molecule has 194 valence electrons. The molecule has 2 bridgehead atoms. The van der Waals surface area contributed by atoms with Gasteiger partial charge in [0.25, 0.3) is 0 Å². The van der Waals surface area contributed by atoms with Crippen LogP contribution in [0.4, 0.5) is 0 Å². The van der Waals surface area contributed by atoms with Crippen LogP contribution in [-0.4, -0.2) is 42.1 Å². The molecular formula is C33H34N2O3. The van der Waals surface area contributed by atoms with Crippen molar-refractivity contribution in [1.29, 1.82) is 0 Å². The predicted octanol–water partition coefficient (Wildman–Crippen LogP) is 6.93. The minimum absolute atomic E-state index is 0.140. The van der Waals surface area contributed by atoms with Crippen LogP contribution < -0.4 is 4.74 Å². The summed E-state index contributed by atoms with van der Waals surface area (Å²) in [6, 6.07) is 26.0. The standard InChI is InChI=1S/C33H34N2O3/c1-3-22-21-35-18-16-26(22)19-31(35)32(28-15-17-34-30-14-13-27(37-2)20-29(28)30)38-33(36)25-11-9-24(10-12-25)23-7-5-4-6-8-23/h4-15,17,20,22,26,31-32H,3,16,18-19,21H2,1-2H3/t22-,26-,31+,32-/m0/s1. The molecule has 5 nitrogen and oxygen atoms in total. The van der Waals surface area contributed by atoms with E-state index in [1.807, 2.05) is 72.9 Å². The van der Waals surface area contributed by atoms with Crippen LogP contribution in [0.2, 0.25) is 0 Å². The summed E-state index contributed by atoms with van der Waals surface area (Å²) in [7, 11) is 1.67. The molecule has 0 radical (unpaired) electrons. The van der Waals surface area contributed by atoms with Crippen molar-refractivity contribution in [3.8, 4) is 16.9 Å². The molecule has 3 saturated heterocycles. The van der Waals surface area contributed by atoms with Gasteiger partial charge in [-0.2, -0.15) is 0 Å². The van der Waals surface area contributed by atoms with Gasteiger partial charge in [-0.1, -0.05) is 55.8 Å². The van der Waals surface area contributed by atoms with E-state index in [0.717, 1.165) is 58.8 Å². The summed E-state index contributed by atoms with van der Waals surface area (Å²) in [6.07, 6.45) is 4.89. The Balaban J connectivity index is 1.35. The first-order valence-corrected chi connectivity index (χ1v) is 13.7. The average Bonchev–Trinajstić information content (AvgIpc) is 3.00. The number of carbonyl (C=O) groups is 1. The van der Waals surface area contributed by atoms with Gasteiger partial charge in [0.2, 0.25) is 0 Å². The Hall–Kier alpha value is -3.70. The number of methoxy groups -OCH3 is 1. The number of hydrogen-bond donors (Lipinski definition) is 0. The van der Waals surface area contributed by atoms with Gasteiger partial charge >= 0.3 is 5.97 Å². The van der Waals surface area contributed by atoms with Gasteiger partial charge in [0, 0.05) is 23.7 Å². The zero-order chi connectivity index (χ0) is 26.1. The number of esters is 1. The summed E-state index contributed by atoms with van der Waals surface area (Å²) in [6.45, 7) is 4.41. The molecule has 0 saturated carbocycles. The Labute approximate surface area is 224 Å². The second-order valence-corrected chi connectivity index (χ2v) is 10.6. The molecule has 7 rings (SSSR count). The minimum atomic E-state index is -0.394. The first-order valence-electron chi connectivity index (χ1n) is 13.7. The maximum Gasteiger partial charge on any atom is 0.338 e. The van der Waals surface area contributed by atoms with Crippen LogP contribution in [0.3, 0.4) is 0 Å². The number of pyridine rings is 1. The Morgan fingerprint density at radius 2 is 1.82 bits per heavy atom. The lowest BCUT2D eigenvalue weighted by atomic mass is 9.72. The lowest BCUT2D eigenvalue weighted by Gasteiger charge is -2.51. The average molecular weight is 507 g/mol. The van der Waals surface area contributed by atoms with E-state index < -0.39 is 6.10 Å². The Kier molecular flexibility index (Phi) is 6.86. The van der Waals surface area contributed by atoms with E-state index in [0.29, 0.717) is 11.5 Å². The van der Waals surface area contributed by atoms with Crippen molar-refractivity contribution in [1.82, 2.24) is 9.88 Å². The molecule has 4 aromatic rings. The highest BCUT2D eigenvalue weighted by Crippen LogP contribution is 2.44. The molecular weight excluding hydrogens is 472 g/mol. The van der Waals surface area contributed by atoms with Crippen LogP contribution in [0, 0.1) is 11.8 Å². The summed E-state index contributed by atoms with van der Waals surface area (Å²) in [5.74, 6) is 1.86. The first kappa shape index (κ1) is 24.6. The summed E-state index contributed by atoms with van der Waals surface area (Å²) in [5.41, 5.74) is 4.63. The van der Waals surface area contributed by atoms with Crippen molar-refractivity contribution in [2.45, 2.75) is 38.3 Å². The van der Waals surface area contributed by atoms with Crippen molar-refractivity contribution in [3.05, 3.63) is 96.2 Å². The van der Waals surface area contributed by atoms with Gasteiger partial charge in [0.15, 0.2) is 0 Å². The third-order valence-electron chi connectivity index (χ3n) is 8.56. The summed E-state index contributed by atoms with van der Waals surface area (Å²) >= 11 is 0. The van der Waals surface area contributed by atoms with Crippen LogP contribution in [0.1, 0.15) is 48.2 Å². The number of fused-ring (bicyclic) bond motifs is 4. The van der Waals surface area contributed by atoms with Crippen LogP contribution in [0.15, 0.2) is 85.1 Å². The molecule has 5 atom stereocenters. The number of carbonyl (C=O) groups excluding carboxylic acids is 1. The summed E-state index contributed by atoms with van der Waals surface area (Å²) in [4.78, 5) is 20.8. The molecule has 3 aromatic carbocycles. The zero-order valence-electron chi connectivity index (χ0n) is 22.0. The second-order valence-electron chi connectivity index (χ2n) is 10.6. The molecule has 3 fully saturated rings. The van der Waals surface area contributed by atoms with Gasteiger partial charge in [-0.05, 0) is 78.7 Å². The number of nitrogens with zero attached hydrogens (tertiary/aromatic N) is 2. The lowest BCUT2D eigenvalue weighted by molar-refractivity contribution is -0.0659. The van der Waals surface area contributed by atoms with E-state index in [2.05, 4.69) is 28.9 Å². The molecule has 5 heteroatoms. The molecule has 1 unspecified atom stereocenters. The number of ether oxygens (including phenoxy) is 2. The fourth-order valence-electron chi connectivity index (χ4n) is 6.44. The second kappa shape index (κ2) is 10.6. The normalized spacial score (nSPS) is 23.2. The van der Waals surface area contributed by atoms with Gasteiger partial charge in [0.1, 0.15) is 11.9 Å². The third-order valence-corrected chi connectivity index (χ3v) is 8.56. The van der Waals surface area contributed by atoms with Gasteiger partial charge < -0.3 is 9.47 Å². The maximum atomic E-state index is 13.6. The highest BCUT2D eigenvalue weighted by molar-refractivity contribution is 5.91. The number of piperidine rings is 3. The molecule has 38 heavy (non-hydrogen) atoms. The minimum Gasteiger partial charge on any atom is -0.497 e. The smallest absolute Gasteiger partial charge is 0.338 e. The Bertz CT molecular complexity index is 1420. The molecule has 3 aliphatic rings. The van der Waals surface area contributed by atoms with Crippen LogP contribution >= 0.6 is 0 Å². The molecule has 1 aromatic heterocycles. The van der Waals surface area contributed by atoms with Crippen molar-refractivity contribution in [2.75, 3.05) is 20.2 Å². The monoisotopic (exact) mass is 506 g/mol. The van der Waals surface area contributed by atoms with Crippen molar-refractivity contribution < 1.29 is 14.3 Å². The topological polar surface area (TPSA) is 51.7 Å². The Morgan fingerprint density at radius 3 is 2.53 bits per heavy atom. The fraction of sp³-hybridized carbons (Fsp3) is 0.333. The van der Waals surface area contributed by atoms with Crippen molar-refractivity contribution in [2.24, 2.45) is 11.8 Å². The maximum absolute atomic E-state index is 13.6. The third kappa shape index (κ3) is 4.67. The number of benzene rings is 3. The summed E-state index contributed by atoms with van der Waals surface area (Å²) < 4.78 is 12.0. The predicted molar refractivity (Wildman–Crippen MR) is 150 cm³/mol. The number of hydrogen-bond acceptors (Lipinski definition) is 5. The van der Waals surface area contributed by atoms with Crippen LogP contribution in [-0.2, 0) is 4.74 Å². The Morgan fingerprint density at radius 1 is 1.03 bits per heavy atom. The van der Waals surface area contributed by atoms with E-state index in [-0.39, 0.29) is 12.0 Å². The van der Waals surface area contributed by atoms with E-state index in [1.54, 1.807) is 7.11 Å². The van der Waals surface area contributed by atoms with E-state index >= 15 is 0 Å². The summed E-state index contributed by atoms with van der Waals surface area (Å²) in [5, 5.41) is 0.971. The molecule has 4 heterocycles. The van der Waals surface area contributed by atoms with Crippen LogP contribution in [0.25, 0.3) is 22.0 Å². The number of aromatic nitrogens is 1. The fourth-order valence-corrected chi connectivity index (χ4v) is 6.44. The molecule has 0 spiro atoms. The molecule has 0 amide bonds. The van der Waals surface area contributed by atoms with Gasteiger partial charge in [-0.3, -0.25) is 9.88 Å². The number of rotatable bonds is 7. The van der Waals surface area contributed by atoms with E-state index in [1.165, 1.54) is 12.8 Å². The quantitative estimate of drug-likeness (QED) is 0.255. The molecule has 0 N–H and O–H groups in total. The van der Waals surface area contributed by atoms with Crippen molar-refractivity contribution >= 4 is 16.9 Å². The van der Waals surface area contributed by atoms with Gasteiger partial charge in [-0.25, -0.2) is 4.79 Å². The zero-order valence-corrected chi connectivity index (χ0v) is 22.0. The van der Waals surface area contributed by atoms with Crippen LogP contribution in [0.5, 0.6) is 5.75 Å². The van der Waals surface area contributed by atoms with Gasteiger partial charge in [-0.15, -0.1) is 0 Å². The molecule has 3 aliphatic heterocycles.